The predicted molar refractivity (Wildman–Crippen MR) is 189 cm³/mol. The molecule has 4 radical (unpaired) electrons. The highest BCUT2D eigenvalue weighted by molar-refractivity contribution is 7.28. The third-order valence-corrected chi connectivity index (χ3v) is 9.95. The fourth-order valence-electron chi connectivity index (χ4n) is 6.63. The smallest absolute Gasteiger partial charge is 0.354 e. The Morgan fingerprint density at radius 1 is 1.20 bits per heavy atom. The molecule has 0 spiro atoms. The van der Waals surface area contributed by atoms with Crippen molar-refractivity contribution >= 4 is 70.2 Å². The van der Waals surface area contributed by atoms with Crippen LogP contribution in [-0.4, -0.2) is 66.7 Å². The van der Waals surface area contributed by atoms with Gasteiger partial charge in [-0.25, -0.2) is 4.79 Å². The van der Waals surface area contributed by atoms with Crippen LogP contribution in [0.15, 0.2) is 47.9 Å². The molecule has 2 aliphatic rings. The molecule has 0 bridgehead atoms. The van der Waals surface area contributed by atoms with Crippen molar-refractivity contribution in [3.8, 4) is 16.8 Å². The van der Waals surface area contributed by atoms with Crippen LogP contribution in [-0.2, 0) is 10.1 Å². The molecule has 0 aliphatic carbocycles. The van der Waals surface area contributed by atoms with E-state index >= 15 is 0 Å². The molecule has 1 unspecified atom stereocenters. The van der Waals surface area contributed by atoms with Gasteiger partial charge in [0.15, 0.2) is 0 Å². The molecule has 2 aliphatic heterocycles. The quantitative estimate of drug-likeness (QED) is 0.203. The molecule has 1 N–H and O–H groups in total. The number of carbonyl (C=O) groups is 1. The number of hydrogen-bond donors (Lipinski definition) is 1. The van der Waals surface area contributed by atoms with Crippen molar-refractivity contribution < 1.29 is 4.79 Å². The van der Waals surface area contributed by atoms with E-state index in [2.05, 4.69) is 26.0 Å². The fourth-order valence-corrected chi connectivity index (χ4v) is 7.32. The standard InChI is InChI=1S/C33H34B2ClN6O2P/c1-7-23(43)40-12-13-41(19(6)15-40)31-20-14-22(36)25-24-21(9-8-18(5)30(24)45)33(34,35)39-27(25)29(20)42(32(44)38-31)28-17(4)10-11-37-26(28)16(2)3/h7-11,14,16,19,39H,1,12-13,15,45H2,2-6H3/t19-/m0/s1. The molecule has 4 heterocycles. The molecule has 45 heavy (non-hydrogen) atoms. The predicted octanol–water partition coefficient (Wildman–Crippen LogP) is 4.44. The second-order valence-electron chi connectivity index (χ2n) is 12.3. The number of halogens is 1. The van der Waals surface area contributed by atoms with E-state index < -0.39 is 11.0 Å². The number of nitrogens with one attached hydrogen (secondary N) is 1. The molecule has 226 valence electrons. The summed E-state index contributed by atoms with van der Waals surface area (Å²) >= 11 is 7.21. The molecule has 4 aromatic rings. The summed E-state index contributed by atoms with van der Waals surface area (Å²) in [6, 6.07) is 7.50. The van der Waals surface area contributed by atoms with Gasteiger partial charge in [-0.3, -0.25) is 14.3 Å². The van der Waals surface area contributed by atoms with E-state index in [4.69, 9.17) is 37.3 Å². The monoisotopic (exact) mass is 634 g/mol. The molecule has 12 heteroatoms. The Balaban J connectivity index is 1.75. The molecule has 1 amide bonds. The summed E-state index contributed by atoms with van der Waals surface area (Å²) in [5.74, 6) is 0.358. The number of carbonyl (C=O) groups excluding carboxylic acids is 1. The van der Waals surface area contributed by atoms with Crippen LogP contribution in [0, 0.1) is 13.8 Å². The summed E-state index contributed by atoms with van der Waals surface area (Å²) < 4.78 is 1.63. The highest BCUT2D eigenvalue weighted by Crippen LogP contribution is 2.50. The number of anilines is 2. The minimum absolute atomic E-state index is 0.0123. The molecule has 1 fully saturated rings. The normalized spacial score (nSPS) is 17.2. The number of piperazine rings is 1. The zero-order valence-electron chi connectivity index (χ0n) is 26.1. The molecule has 8 nitrogen and oxygen atoms in total. The number of rotatable bonds is 4. The van der Waals surface area contributed by atoms with Crippen molar-refractivity contribution in [2.75, 3.05) is 29.9 Å². The summed E-state index contributed by atoms with van der Waals surface area (Å²) in [5, 5.41) is 3.92. The second kappa shape index (κ2) is 11.3. The maximum absolute atomic E-state index is 14.4. The van der Waals surface area contributed by atoms with E-state index in [9.17, 15) is 9.59 Å². The van der Waals surface area contributed by atoms with Crippen LogP contribution in [0.1, 0.15) is 49.1 Å². The summed E-state index contributed by atoms with van der Waals surface area (Å²) in [6.45, 7) is 15.1. The Hall–Kier alpha value is -3.61. The van der Waals surface area contributed by atoms with Gasteiger partial charge in [0, 0.05) is 42.8 Å². The molecule has 2 atom stereocenters. The Labute approximate surface area is 273 Å². The van der Waals surface area contributed by atoms with Gasteiger partial charge in [-0.05, 0) is 77.8 Å². The minimum atomic E-state index is -1.47. The maximum Gasteiger partial charge on any atom is 0.354 e. The minimum Gasteiger partial charge on any atom is -0.390 e. The van der Waals surface area contributed by atoms with Crippen molar-refractivity contribution in [3.05, 3.63) is 81.0 Å². The van der Waals surface area contributed by atoms with Gasteiger partial charge in [0.25, 0.3) is 0 Å². The number of aromatic nitrogens is 3. The summed E-state index contributed by atoms with van der Waals surface area (Å²) in [6.07, 6.45) is 3.08. The van der Waals surface area contributed by atoms with Crippen LogP contribution in [0.4, 0.5) is 11.5 Å². The lowest BCUT2D eigenvalue weighted by Gasteiger charge is -2.42. The number of benzene rings is 2. The van der Waals surface area contributed by atoms with E-state index in [1.807, 2.05) is 58.9 Å². The molecule has 6 rings (SSSR count). The second-order valence-corrected chi connectivity index (χ2v) is 13.3. The lowest BCUT2D eigenvalue weighted by atomic mass is 9.55. The molecule has 1 saturated heterocycles. The first-order valence-corrected chi connectivity index (χ1v) is 15.9. The largest absolute Gasteiger partial charge is 0.390 e. The van der Waals surface area contributed by atoms with E-state index in [0.29, 0.717) is 63.9 Å². The Kier molecular flexibility index (Phi) is 7.90. The van der Waals surface area contributed by atoms with Gasteiger partial charge in [-0.1, -0.05) is 44.2 Å². The van der Waals surface area contributed by atoms with E-state index in [0.717, 1.165) is 27.7 Å². The fraction of sp³-hybridized carbons (Fsp3) is 0.333. The number of fused-ring (bicyclic) bond motifs is 5. The third kappa shape index (κ3) is 4.97. The van der Waals surface area contributed by atoms with E-state index in [1.165, 1.54) is 6.08 Å². The van der Waals surface area contributed by atoms with Crippen molar-refractivity contribution in [1.29, 1.82) is 0 Å². The summed E-state index contributed by atoms with van der Waals surface area (Å²) in [7, 11) is 16.4. The van der Waals surface area contributed by atoms with Gasteiger partial charge in [-0.15, -0.1) is 9.24 Å². The zero-order chi connectivity index (χ0) is 32.5. The van der Waals surface area contributed by atoms with E-state index in [-0.39, 0.29) is 17.9 Å². The van der Waals surface area contributed by atoms with Crippen molar-refractivity contribution in [1.82, 2.24) is 19.4 Å². The van der Waals surface area contributed by atoms with Gasteiger partial charge in [0.2, 0.25) is 5.91 Å². The summed E-state index contributed by atoms with van der Waals surface area (Å²) in [4.78, 5) is 40.1. The molecular weight excluding hydrogens is 600 g/mol. The van der Waals surface area contributed by atoms with Gasteiger partial charge in [0.05, 0.1) is 43.3 Å². The first-order valence-electron chi connectivity index (χ1n) is 15.0. The number of hydrogen-bond acceptors (Lipinski definition) is 6. The topological polar surface area (TPSA) is 83.4 Å². The van der Waals surface area contributed by atoms with Gasteiger partial charge in [-0.2, -0.15) is 4.98 Å². The number of pyridine rings is 1. The maximum atomic E-state index is 14.4. The SMILES string of the molecule is [B]C1([B])Nc2c(c(Cl)cc3c(N4CCN(C(=O)C=C)C[C@@H]4C)nc(=O)n(-c4c(C)ccnc4C(C)C)c23)-c2c1ccc(C)c2P. The molecule has 0 saturated carbocycles. The van der Waals surface area contributed by atoms with Crippen molar-refractivity contribution in [2.24, 2.45) is 0 Å². The molecular formula is C33H34B2ClN6O2P. The number of nitrogens with zero attached hydrogens (tertiary/aromatic N) is 5. The van der Waals surface area contributed by atoms with Crippen LogP contribution in [0.2, 0.25) is 5.02 Å². The van der Waals surface area contributed by atoms with Crippen LogP contribution in [0.25, 0.3) is 27.7 Å². The number of amides is 1. The highest BCUT2D eigenvalue weighted by atomic mass is 35.5. The average Bonchev–Trinajstić information content (AvgIpc) is 2.98. The summed E-state index contributed by atoms with van der Waals surface area (Å²) in [5.41, 5.74) is 6.11. The van der Waals surface area contributed by atoms with Gasteiger partial charge >= 0.3 is 5.69 Å². The Morgan fingerprint density at radius 3 is 2.60 bits per heavy atom. The average molecular weight is 635 g/mol. The Morgan fingerprint density at radius 2 is 1.93 bits per heavy atom. The first-order chi connectivity index (χ1) is 21.3. The molecule has 2 aromatic carbocycles. The van der Waals surface area contributed by atoms with Crippen LogP contribution < -0.4 is 21.2 Å². The van der Waals surface area contributed by atoms with Crippen LogP contribution >= 0.6 is 20.8 Å². The van der Waals surface area contributed by atoms with E-state index in [1.54, 1.807) is 15.7 Å². The lowest BCUT2D eigenvalue weighted by molar-refractivity contribution is -0.126. The third-order valence-electron chi connectivity index (χ3n) is 8.91. The van der Waals surface area contributed by atoms with Crippen molar-refractivity contribution in [2.45, 2.75) is 51.9 Å². The Bertz CT molecular complexity index is 1980. The van der Waals surface area contributed by atoms with Gasteiger partial charge in [0.1, 0.15) is 5.82 Å². The highest BCUT2D eigenvalue weighted by Gasteiger charge is 2.37. The van der Waals surface area contributed by atoms with Gasteiger partial charge < -0.3 is 15.1 Å². The number of aryl methyl sites for hydroxylation is 2. The van der Waals surface area contributed by atoms with Crippen LogP contribution in [0.3, 0.4) is 0 Å². The first kappa shape index (κ1) is 31.4. The van der Waals surface area contributed by atoms with Crippen molar-refractivity contribution in [3.63, 3.8) is 0 Å². The molecule has 2 aromatic heterocycles. The zero-order valence-corrected chi connectivity index (χ0v) is 28.0. The lowest BCUT2D eigenvalue weighted by Crippen LogP contribution is -2.54. The van der Waals surface area contributed by atoms with Crippen LogP contribution in [0.5, 0.6) is 0 Å².